The lowest BCUT2D eigenvalue weighted by Crippen LogP contribution is -2.31. The minimum Gasteiger partial charge on any atom is -0.495 e. The summed E-state index contributed by atoms with van der Waals surface area (Å²) in [4.78, 5) is 12.1. The highest BCUT2D eigenvalue weighted by molar-refractivity contribution is 9.10. The monoisotopic (exact) mass is 348 g/mol. The Labute approximate surface area is 132 Å². The van der Waals surface area contributed by atoms with E-state index in [9.17, 15) is 4.79 Å². The Morgan fingerprint density at radius 2 is 1.81 bits per heavy atom. The number of hydrogen-bond acceptors (Lipinski definition) is 2. The van der Waals surface area contributed by atoms with E-state index in [1.54, 1.807) is 19.2 Å². The van der Waals surface area contributed by atoms with Crippen molar-refractivity contribution >= 4 is 27.6 Å². The molecule has 2 aromatic carbocycles. The van der Waals surface area contributed by atoms with Gasteiger partial charge in [0.25, 0.3) is 0 Å². The molecule has 2 N–H and O–H groups in total. The molecule has 0 saturated carbocycles. The van der Waals surface area contributed by atoms with E-state index in [1.165, 1.54) is 0 Å². The number of hydrogen-bond donors (Lipinski definition) is 2. The molecule has 1 atom stereocenters. The highest BCUT2D eigenvalue weighted by Gasteiger charge is 2.13. The van der Waals surface area contributed by atoms with Gasteiger partial charge in [-0.05, 0) is 30.7 Å². The van der Waals surface area contributed by atoms with Crippen LogP contribution >= 0.6 is 15.9 Å². The van der Waals surface area contributed by atoms with E-state index in [4.69, 9.17) is 4.74 Å². The van der Waals surface area contributed by atoms with E-state index in [-0.39, 0.29) is 12.1 Å². The average molecular weight is 349 g/mol. The molecule has 4 nitrogen and oxygen atoms in total. The van der Waals surface area contributed by atoms with E-state index in [0.29, 0.717) is 11.4 Å². The van der Waals surface area contributed by atoms with Gasteiger partial charge in [-0.3, -0.25) is 0 Å². The number of para-hydroxylation sites is 2. The van der Waals surface area contributed by atoms with Crippen molar-refractivity contribution in [2.45, 2.75) is 13.0 Å². The standard InChI is InChI=1S/C16H17BrN2O2/c1-11(12-7-3-4-8-13(12)17)18-16(20)19-14-9-5-6-10-15(14)21-2/h3-11H,1-2H3,(H2,18,19,20). The van der Waals surface area contributed by atoms with Crippen LogP contribution in [0.4, 0.5) is 10.5 Å². The summed E-state index contributed by atoms with van der Waals surface area (Å²) in [6.07, 6.45) is 0. The predicted octanol–water partition coefficient (Wildman–Crippen LogP) is 4.34. The lowest BCUT2D eigenvalue weighted by molar-refractivity contribution is 0.249. The first-order valence-electron chi connectivity index (χ1n) is 6.56. The number of nitrogens with one attached hydrogen (secondary N) is 2. The molecule has 110 valence electrons. The fraction of sp³-hybridized carbons (Fsp3) is 0.188. The maximum Gasteiger partial charge on any atom is 0.319 e. The second kappa shape index (κ2) is 7.13. The molecular weight excluding hydrogens is 332 g/mol. The van der Waals surface area contributed by atoms with Crippen molar-refractivity contribution in [1.29, 1.82) is 0 Å². The van der Waals surface area contributed by atoms with Crippen LogP contribution in [0.25, 0.3) is 0 Å². The zero-order valence-corrected chi connectivity index (χ0v) is 13.5. The number of amides is 2. The molecule has 0 saturated heterocycles. The highest BCUT2D eigenvalue weighted by Crippen LogP contribution is 2.24. The molecule has 0 radical (unpaired) electrons. The number of halogens is 1. The minimum atomic E-state index is -0.275. The van der Waals surface area contributed by atoms with Gasteiger partial charge >= 0.3 is 6.03 Å². The molecule has 0 aliphatic rings. The number of methoxy groups -OCH3 is 1. The minimum absolute atomic E-state index is 0.115. The summed E-state index contributed by atoms with van der Waals surface area (Å²) >= 11 is 3.48. The summed E-state index contributed by atoms with van der Waals surface area (Å²) < 4.78 is 6.17. The number of benzene rings is 2. The molecule has 2 aromatic rings. The molecule has 0 bridgehead atoms. The summed E-state index contributed by atoms with van der Waals surface area (Å²) in [6, 6.07) is 14.7. The fourth-order valence-electron chi connectivity index (χ4n) is 2.01. The zero-order chi connectivity index (χ0) is 15.2. The van der Waals surface area contributed by atoms with Crippen molar-refractivity contribution in [3.05, 3.63) is 58.6 Å². The average Bonchev–Trinajstić information content (AvgIpc) is 2.48. The molecule has 0 heterocycles. The summed E-state index contributed by atoms with van der Waals surface area (Å²) in [7, 11) is 1.57. The Kier molecular flexibility index (Phi) is 5.22. The zero-order valence-electron chi connectivity index (χ0n) is 11.9. The quantitative estimate of drug-likeness (QED) is 0.863. The van der Waals surface area contributed by atoms with Crippen molar-refractivity contribution in [3.63, 3.8) is 0 Å². The number of carbonyl (C=O) groups excluding carboxylic acids is 1. The highest BCUT2D eigenvalue weighted by atomic mass is 79.9. The predicted molar refractivity (Wildman–Crippen MR) is 87.7 cm³/mol. The van der Waals surface area contributed by atoms with E-state index < -0.39 is 0 Å². The van der Waals surface area contributed by atoms with Crippen LogP contribution in [-0.4, -0.2) is 13.1 Å². The topological polar surface area (TPSA) is 50.4 Å². The normalized spacial score (nSPS) is 11.6. The number of carbonyl (C=O) groups is 1. The van der Waals surface area contributed by atoms with Crippen LogP contribution in [-0.2, 0) is 0 Å². The van der Waals surface area contributed by atoms with Gasteiger partial charge in [0, 0.05) is 4.47 Å². The molecule has 0 aliphatic heterocycles. The van der Waals surface area contributed by atoms with Crippen LogP contribution in [0.15, 0.2) is 53.0 Å². The molecule has 5 heteroatoms. The Morgan fingerprint density at radius 3 is 2.52 bits per heavy atom. The molecule has 21 heavy (non-hydrogen) atoms. The molecule has 0 spiro atoms. The summed E-state index contributed by atoms with van der Waals surface area (Å²) in [5.74, 6) is 0.626. The first-order chi connectivity index (χ1) is 10.1. The van der Waals surface area contributed by atoms with Gasteiger partial charge in [0.05, 0.1) is 18.8 Å². The fourth-order valence-corrected chi connectivity index (χ4v) is 2.64. The SMILES string of the molecule is COc1ccccc1NC(=O)NC(C)c1ccccc1Br. The Hall–Kier alpha value is -2.01. The van der Waals surface area contributed by atoms with Crippen molar-refractivity contribution < 1.29 is 9.53 Å². The number of anilines is 1. The molecule has 2 rings (SSSR count). The van der Waals surface area contributed by atoms with Crippen molar-refractivity contribution in [2.24, 2.45) is 0 Å². The Balaban J connectivity index is 2.03. The van der Waals surface area contributed by atoms with Gasteiger partial charge in [-0.25, -0.2) is 4.79 Å². The first kappa shape index (κ1) is 15.4. The van der Waals surface area contributed by atoms with Gasteiger partial charge in [-0.15, -0.1) is 0 Å². The van der Waals surface area contributed by atoms with Gasteiger partial charge < -0.3 is 15.4 Å². The van der Waals surface area contributed by atoms with E-state index in [1.807, 2.05) is 43.3 Å². The largest absolute Gasteiger partial charge is 0.495 e. The van der Waals surface area contributed by atoms with Crippen LogP contribution < -0.4 is 15.4 Å². The Morgan fingerprint density at radius 1 is 1.14 bits per heavy atom. The smallest absolute Gasteiger partial charge is 0.319 e. The van der Waals surface area contributed by atoms with Crippen molar-refractivity contribution in [3.8, 4) is 5.75 Å². The maximum atomic E-state index is 12.1. The summed E-state index contributed by atoms with van der Waals surface area (Å²) in [5, 5.41) is 5.69. The van der Waals surface area contributed by atoms with E-state index in [0.717, 1.165) is 10.0 Å². The lowest BCUT2D eigenvalue weighted by Gasteiger charge is -2.17. The van der Waals surface area contributed by atoms with Crippen LogP contribution in [0.3, 0.4) is 0 Å². The molecule has 0 aromatic heterocycles. The van der Waals surface area contributed by atoms with Gasteiger partial charge in [0.1, 0.15) is 5.75 Å². The van der Waals surface area contributed by atoms with Gasteiger partial charge in [-0.2, -0.15) is 0 Å². The number of rotatable bonds is 4. The Bertz CT molecular complexity index is 631. The molecule has 2 amide bonds. The van der Waals surface area contributed by atoms with E-state index in [2.05, 4.69) is 26.6 Å². The van der Waals surface area contributed by atoms with Gasteiger partial charge in [0.2, 0.25) is 0 Å². The van der Waals surface area contributed by atoms with Crippen LogP contribution in [0.5, 0.6) is 5.75 Å². The van der Waals surface area contributed by atoms with Crippen molar-refractivity contribution in [2.75, 3.05) is 12.4 Å². The molecular formula is C16H17BrN2O2. The second-order valence-electron chi connectivity index (χ2n) is 4.54. The lowest BCUT2D eigenvalue weighted by atomic mass is 10.1. The van der Waals surface area contributed by atoms with E-state index >= 15 is 0 Å². The third kappa shape index (κ3) is 3.98. The third-order valence-corrected chi connectivity index (χ3v) is 3.80. The number of urea groups is 1. The van der Waals surface area contributed by atoms with Crippen LogP contribution in [0.1, 0.15) is 18.5 Å². The summed E-state index contributed by atoms with van der Waals surface area (Å²) in [5.41, 5.74) is 1.66. The molecule has 1 unspecified atom stereocenters. The van der Waals surface area contributed by atoms with Gasteiger partial charge in [0.15, 0.2) is 0 Å². The van der Waals surface area contributed by atoms with Crippen LogP contribution in [0, 0.1) is 0 Å². The van der Waals surface area contributed by atoms with Crippen molar-refractivity contribution in [1.82, 2.24) is 5.32 Å². The van der Waals surface area contributed by atoms with Gasteiger partial charge in [-0.1, -0.05) is 46.3 Å². The summed E-state index contributed by atoms with van der Waals surface area (Å²) in [6.45, 7) is 1.93. The van der Waals surface area contributed by atoms with Crippen LogP contribution in [0.2, 0.25) is 0 Å². The number of ether oxygens (including phenoxy) is 1. The second-order valence-corrected chi connectivity index (χ2v) is 5.40. The maximum absolute atomic E-state index is 12.1. The first-order valence-corrected chi connectivity index (χ1v) is 7.36. The third-order valence-electron chi connectivity index (χ3n) is 3.07. The molecule has 0 fully saturated rings. The molecule has 0 aliphatic carbocycles.